The molecule has 5 heteroatoms. The molecule has 1 atom stereocenters. The van der Waals surface area contributed by atoms with Crippen LogP contribution in [-0.2, 0) is 0 Å². The quantitative estimate of drug-likeness (QED) is 0.921. The fourth-order valence-electron chi connectivity index (χ4n) is 2.45. The van der Waals surface area contributed by atoms with Crippen molar-refractivity contribution >= 4 is 23.2 Å². The van der Waals surface area contributed by atoms with Crippen molar-refractivity contribution < 1.29 is 4.39 Å². The third-order valence-electron chi connectivity index (χ3n) is 3.35. The molecule has 0 spiro atoms. The summed E-state index contributed by atoms with van der Waals surface area (Å²) >= 11 is 6.15. The van der Waals surface area contributed by atoms with E-state index in [2.05, 4.69) is 4.99 Å². The highest BCUT2D eigenvalue weighted by Crippen LogP contribution is 2.35. The van der Waals surface area contributed by atoms with Crippen molar-refractivity contribution in [1.29, 1.82) is 0 Å². The van der Waals surface area contributed by atoms with E-state index in [-0.39, 0.29) is 11.9 Å². The smallest absolute Gasteiger partial charge is 0.196 e. The lowest BCUT2D eigenvalue weighted by Gasteiger charge is -2.27. The minimum Gasteiger partial charge on any atom is -0.369 e. The van der Waals surface area contributed by atoms with Crippen LogP contribution in [0.2, 0.25) is 5.02 Å². The lowest BCUT2D eigenvalue weighted by Crippen LogP contribution is -2.36. The standard InChI is InChI=1S/C15H13ClFN3/c16-11-7-4-8-12(17)14(11)13-9-19-15(18)20(13)10-5-2-1-3-6-10/h1-8,13H,9H2,(H2,18,19). The van der Waals surface area contributed by atoms with Crippen LogP contribution in [0.25, 0.3) is 0 Å². The third kappa shape index (κ3) is 2.12. The van der Waals surface area contributed by atoms with Gasteiger partial charge in [0.2, 0.25) is 0 Å². The zero-order chi connectivity index (χ0) is 14.1. The van der Waals surface area contributed by atoms with Crippen molar-refractivity contribution in [3.05, 3.63) is 64.9 Å². The highest BCUT2D eigenvalue weighted by molar-refractivity contribution is 6.31. The second-order valence-corrected chi connectivity index (χ2v) is 4.96. The molecule has 2 aromatic carbocycles. The Morgan fingerprint density at radius 1 is 1.15 bits per heavy atom. The van der Waals surface area contributed by atoms with Crippen molar-refractivity contribution in [1.82, 2.24) is 0 Å². The Morgan fingerprint density at radius 3 is 2.60 bits per heavy atom. The molecule has 0 saturated carbocycles. The number of aliphatic imine (C=N–C) groups is 1. The van der Waals surface area contributed by atoms with Gasteiger partial charge in [-0.15, -0.1) is 0 Å². The number of guanidine groups is 1. The molecule has 1 heterocycles. The molecule has 0 saturated heterocycles. The van der Waals surface area contributed by atoms with Gasteiger partial charge in [0.15, 0.2) is 5.96 Å². The van der Waals surface area contributed by atoms with Gasteiger partial charge in [-0.05, 0) is 24.3 Å². The molecule has 1 unspecified atom stereocenters. The first kappa shape index (κ1) is 12.9. The monoisotopic (exact) mass is 289 g/mol. The van der Waals surface area contributed by atoms with Crippen LogP contribution < -0.4 is 10.6 Å². The van der Waals surface area contributed by atoms with Gasteiger partial charge in [0.05, 0.1) is 12.6 Å². The molecule has 0 amide bonds. The Hall–Kier alpha value is -2.07. The van der Waals surface area contributed by atoms with Gasteiger partial charge in [-0.2, -0.15) is 0 Å². The van der Waals surface area contributed by atoms with Gasteiger partial charge in [-0.1, -0.05) is 35.9 Å². The van der Waals surface area contributed by atoms with Gasteiger partial charge < -0.3 is 10.6 Å². The highest BCUT2D eigenvalue weighted by Gasteiger charge is 2.32. The molecule has 0 fully saturated rings. The van der Waals surface area contributed by atoms with Gasteiger partial charge in [-0.3, -0.25) is 4.99 Å². The number of anilines is 1. The normalized spacial score (nSPS) is 18.2. The maximum atomic E-state index is 14.1. The van der Waals surface area contributed by atoms with Crippen LogP contribution in [0.1, 0.15) is 11.6 Å². The van der Waals surface area contributed by atoms with Crippen molar-refractivity contribution in [2.75, 3.05) is 11.4 Å². The zero-order valence-electron chi connectivity index (χ0n) is 10.6. The predicted molar refractivity (Wildman–Crippen MR) is 79.6 cm³/mol. The van der Waals surface area contributed by atoms with Crippen molar-refractivity contribution in [2.45, 2.75) is 6.04 Å². The molecule has 0 aliphatic carbocycles. The van der Waals surface area contributed by atoms with Crippen molar-refractivity contribution in [2.24, 2.45) is 10.7 Å². The summed E-state index contributed by atoms with van der Waals surface area (Å²) in [6.07, 6.45) is 0. The topological polar surface area (TPSA) is 41.6 Å². The first-order chi connectivity index (χ1) is 9.68. The summed E-state index contributed by atoms with van der Waals surface area (Å²) in [6.45, 7) is 0.390. The van der Waals surface area contributed by atoms with Crippen LogP contribution in [-0.4, -0.2) is 12.5 Å². The second kappa shape index (κ2) is 5.13. The Kier molecular flexibility index (Phi) is 3.32. The van der Waals surface area contributed by atoms with Crippen molar-refractivity contribution in [3.8, 4) is 0 Å². The number of hydrogen-bond acceptors (Lipinski definition) is 3. The van der Waals surface area contributed by atoms with Gasteiger partial charge in [-0.25, -0.2) is 4.39 Å². The number of rotatable bonds is 2. The molecule has 0 radical (unpaired) electrons. The molecule has 0 bridgehead atoms. The molecule has 2 N–H and O–H groups in total. The van der Waals surface area contributed by atoms with Crippen LogP contribution in [0.5, 0.6) is 0 Å². The summed E-state index contributed by atoms with van der Waals surface area (Å²) in [4.78, 5) is 6.04. The molecule has 3 rings (SSSR count). The molecule has 102 valence electrons. The fourth-order valence-corrected chi connectivity index (χ4v) is 2.74. The first-order valence-electron chi connectivity index (χ1n) is 6.26. The molecule has 20 heavy (non-hydrogen) atoms. The summed E-state index contributed by atoms with van der Waals surface area (Å²) in [5.74, 6) is 0.0360. The second-order valence-electron chi connectivity index (χ2n) is 4.56. The van der Waals surface area contributed by atoms with Crippen molar-refractivity contribution in [3.63, 3.8) is 0 Å². The molecule has 1 aliphatic rings. The van der Waals surface area contributed by atoms with Crippen LogP contribution in [0, 0.1) is 5.82 Å². The Morgan fingerprint density at radius 2 is 1.90 bits per heavy atom. The maximum absolute atomic E-state index is 14.1. The Bertz CT molecular complexity index is 637. The largest absolute Gasteiger partial charge is 0.369 e. The number of nitrogens with two attached hydrogens (primary N) is 1. The van der Waals surface area contributed by atoms with E-state index in [1.165, 1.54) is 6.07 Å². The lowest BCUT2D eigenvalue weighted by atomic mass is 10.0. The minimum absolute atomic E-state index is 0.314. The van der Waals surface area contributed by atoms with Crippen LogP contribution in [0.4, 0.5) is 10.1 Å². The van der Waals surface area contributed by atoms with Gasteiger partial charge in [0.1, 0.15) is 5.82 Å². The predicted octanol–water partition coefficient (Wildman–Crippen LogP) is 3.36. The average molecular weight is 290 g/mol. The average Bonchev–Trinajstić information content (AvgIpc) is 2.81. The zero-order valence-corrected chi connectivity index (χ0v) is 11.4. The number of para-hydroxylation sites is 1. The summed E-state index contributed by atoms with van der Waals surface area (Å²) < 4.78 is 14.1. The fraction of sp³-hybridized carbons (Fsp3) is 0.133. The van der Waals surface area contributed by atoms with E-state index in [0.29, 0.717) is 23.1 Å². The van der Waals surface area contributed by atoms with Crippen LogP contribution >= 0.6 is 11.6 Å². The molecule has 2 aromatic rings. The van der Waals surface area contributed by atoms with Gasteiger partial charge >= 0.3 is 0 Å². The maximum Gasteiger partial charge on any atom is 0.196 e. The minimum atomic E-state index is -0.340. The van der Waals surface area contributed by atoms with Crippen LogP contribution in [0.3, 0.4) is 0 Å². The van der Waals surface area contributed by atoms with E-state index in [9.17, 15) is 4.39 Å². The Labute approximate surface area is 121 Å². The van der Waals surface area contributed by atoms with E-state index >= 15 is 0 Å². The van der Waals surface area contributed by atoms with E-state index in [1.54, 1.807) is 12.1 Å². The summed E-state index contributed by atoms with van der Waals surface area (Å²) in [5, 5.41) is 0.390. The Balaban J connectivity index is 2.06. The summed E-state index contributed by atoms with van der Waals surface area (Å²) in [7, 11) is 0. The third-order valence-corrected chi connectivity index (χ3v) is 3.68. The van der Waals surface area contributed by atoms with E-state index < -0.39 is 0 Å². The lowest BCUT2D eigenvalue weighted by molar-refractivity contribution is 0.590. The molecular formula is C15H13ClFN3. The highest BCUT2D eigenvalue weighted by atomic mass is 35.5. The first-order valence-corrected chi connectivity index (χ1v) is 6.64. The number of hydrogen-bond donors (Lipinski definition) is 1. The van der Waals surface area contributed by atoms with E-state index in [0.717, 1.165) is 5.69 Å². The van der Waals surface area contributed by atoms with E-state index in [4.69, 9.17) is 17.3 Å². The van der Waals surface area contributed by atoms with E-state index in [1.807, 2.05) is 35.2 Å². The molecule has 1 aliphatic heterocycles. The molecular weight excluding hydrogens is 277 g/mol. The van der Waals surface area contributed by atoms with Crippen LogP contribution in [0.15, 0.2) is 53.5 Å². The number of halogens is 2. The van der Waals surface area contributed by atoms with Gasteiger partial charge in [0, 0.05) is 16.3 Å². The summed E-state index contributed by atoms with van der Waals surface area (Å²) in [5.41, 5.74) is 7.25. The number of nitrogens with zero attached hydrogens (tertiary/aromatic N) is 2. The van der Waals surface area contributed by atoms with Gasteiger partial charge in [0.25, 0.3) is 0 Å². The number of benzene rings is 2. The SMILES string of the molecule is NC1=NCC(c2c(F)cccc2Cl)N1c1ccccc1. The molecule has 0 aromatic heterocycles. The molecule has 3 nitrogen and oxygen atoms in total. The summed E-state index contributed by atoms with van der Waals surface area (Å²) in [6, 6.07) is 13.9.